The zero-order chi connectivity index (χ0) is 10.8. The van der Waals surface area contributed by atoms with E-state index in [1.807, 2.05) is 0 Å². The smallest absolute Gasteiger partial charge is 0.0393 e. The Balaban J connectivity index is 2.63. The predicted octanol–water partition coefficient (Wildman–Crippen LogP) is 2.07. The van der Waals surface area contributed by atoms with Crippen molar-refractivity contribution in [3.05, 3.63) is 42.0 Å². The van der Waals surface area contributed by atoms with Crippen LogP contribution in [0.3, 0.4) is 0 Å². The van der Waals surface area contributed by atoms with E-state index in [4.69, 9.17) is 0 Å². The molecule has 0 atom stereocenters. The summed E-state index contributed by atoms with van der Waals surface area (Å²) in [5.41, 5.74) is 1.55. The average Bonchev–Trinajstić information content (AvgIpc) is 2.17. The summed E-state index contributed by atoms with van der Waals surface area (Å²) in [6, 6.07) is 13.4. The van der Waals surface area contributed by atoms with Gasteiger partial charge in [-0.2, -0.15) is 0 Å². The Morgan fingerprint density at radius 3 is 2.40 bits per heavy atom. The summed E-state index contributed by atoms with van der Waals surface area (Å²) in [5.74, 6) is 0. The quantitative estimate of drug-likeness (QED) is 0.549. The van der Waals surface area contributed by atoms with Crippen LogP contribution in [-0.4, -0.2) is 23.6 Å². The first-order valence-electron chi connectivity index (χ1n) is 5.30. The molecule has 0 fully saturated rings. The molecule has 0 amide bonds. The van der Waals surface area contributed by atoms with Crippen LogP contribution in [0.2, 0.25) is 0 Å². The normalized spacial score (nSPS) is 11.4. The fourth-order valence-corrected chi connectivity index (χ4v) is 3.84. The van der Waals surface area contributed by atoms with Crippen LogP contribution in [0, 0.1) is 0 Å². The van der Waals surface area contributed by atoms with Crippen LogP contribution in [0.5, 0.6) is 0 Å². The molecule has 78 valence electrons. The molecule has 0 aromatic heterocycles. The Bertz CT molecular complexity index is 472. The first-order chi connectivity index (χ1) is 7.18. The zero-order valence-corrected chi connectivity index (χ0v) is 12.5. The molecule has 0 N–H and O–H groups in total. The minimum Gasteiger partial charge on any atom is -0.109 e. The maximum atomic E-state index is 2.35. The third-order valence-electron chi connectivity index (χ3n) is 2.69. The minimum absolute atomic E-state index is 0.153. The third-order valence-corrected chi connectivity index (χ3v) is 4.49. The average molecular weight is 232 g/mol. The van der Waals surface area contributed by atoms with E-state index in [1.54, 1.807) is 10.8 Å². The Morgan fingerprint density at radius 1 is 1.07 bits per heavy atom. The zero-order valence-electron chi connectivity index (χ0n) is 9.62. The van der Waals surface area contributed by atoms with Crippen molar-refractivity contribution < 1.29 is 0 Å². The van der Waals surface area contributed by atoms with Gasteiger partial charge < -0.3 is 0 Å². The molecule has 2 rings (SSSR count). The van der Waals surface area contributed by atoms with Crippen molar-refractivity contribution in [2.24, 2.45) is 0 Å². The Hall–Kier alpha value is -0.653. The van der Waals surface area contributed by atoms with Gasteiger partial charge in [0.05, 0.1) is 0 Å². The van der Waals surface area contributed by atoms with Crippen molar-refractivity contribution in [3.63, 3.8) is 0 Å². The van der Waals surface area contributed by atoms with Crippen LogP contribution in [0.15, 0.2) is 36.4 Å². The van der Waals surface area contributed by atoms with E-state index >= 15 is 0 Å². The molecular weight excluding hydrogens is 215 g/mol. The Kier molecular flexibility index (Phi) is 3.23. The highest BCUT2D eigenvalue weighted by molar-refractivity contribution is 7.55. The molecule has 0 radical (unpaired) electrons. The first kappa shape index (κ1) is 10.9. The summed E-state index contributed by atoms with van der Waals surface area (Å²) >= 11 is 0. The van der Waals surface area contributed by atoms with Crippen molar-refractivity contribution in [1.29, 1.82) is 0 Å². The fourth-order valence-electron chi connectivity index (χ4n) is 2.09. The third kappa shape index (κ3) is 2.30. The highest BCUT2D eigenvalue weighted by Gasteiger charge is 2.04. The van der Waals surface area contributed by atoms with Crippen molar-refractivity contribution in [2.75, 3.05) is 13.3 Å². The van der Waals surface area contributed by atoms with Gasteiger partial charge in [-0.1, -0.05) is 41.6 Å². The predicted molar refractivity (Wildman–Crippen MR) is 76.0 cm³/mol. The molecule has 15 heavy (non-hydrogen) atoms. The molecule has 0 saturated carbocycles. The summed E-state index contributed by atoms with van der Waals surface area (Å²) in [6.45, 7) is 4.70. The molecule has 2 aromatic carbocycles. The molecule has 0 aliphatic rings. The van der Waals surface area contributed by atoms with Gasteiger partial charge in [-0.15, -0.1) is 7.92 Å². The minimum atomic E-state index is 0.153. The van der Waals surface area contributed by atoms with Crippen LogP contribution in [-0.2, 0) is 6.16 Å². The molecule has 2 heteroatoms. The van der Waals surface area contributed by atoms with Crippen molar-refractivity contribution >= 4 is 34.1 Å². The summed E-state index contributed by atoms with van der Waals surface area (Å²) in [7, 11) is 1.30. The van der Waals surface area contributed by atoms with Gasteiger partial charge in [-0.3, -0.25) is 0 Å². The van der Waals surface area contributed by atoms with E-state index in [0.29, 0.717) is 0 Å². The van der Waals surface area contributed by atoms with Crippen molar-refractivity contribution in [1.82, 2.24) is 0 Å². The number of rotatable bonds is 2. The molecule has 0 aliphatic carbocycles. The number of hydrogen-bond donors (Lipinski definition) is 0. The summed E-state index contributed by atoms with van der Waals surface area (Å²) in [5, 5.41) is 4.49. The summed E-state index contributed by atoms with van der Waals surface area (Å²) < 4.78 is 0. The fraction of sp³-hybridized carbons (Fsp3) is 0.231. The van der Waals surface area contributed by atoms with Gasteiger partial charge in [-0.25, -0.2) is 0 Å². The van der Waals surface area contributed by atoms with E-state index < -0.39 is 0 Å². The van der Waals surface area contributed by atoms with E-state index in [2.05, 4.69) is 49.7 Å². The van der Waals surface area contributed by atoms with Crippen LogP contribution in [0.25, 0.3) is 10.8 Å². The molecule has 0 heterocycles. The molecule has 2 aromatic rings. The van der Waals surface area contributed by atoms with Gasteiger partial charge in [0.15, 0.2) is 0 Å². The van der Waals surface area contributed by atoms with E-state index in [1.165, 1.54) is 16.9 Å². The molecular formula is C13H17PSi. The number of hydrogen-bond acceptors (Lipinski definition) is 0. The largest absolute Gasteiger partial charge is 0.109 e. The molecule has 0 saturated heterocycles. The van der Waals surface area contributed by atoms with Gasteiger partial charge in [0.25, 0.3) is 0 Å². The van der Waals surface area contributed by atoms with Crippen LogP contribution in [0.4, 0.5) is 0 Å². The van der Waals surface area contributed by atoms with Crippen molar-refractivity contribution in [2.45, 2.75) is 6.16 Å². The van der Waals surface area contributed by atoms with E-state index in [9.17, 15) is 0 Å². The number of fused-ring (bicyclic) bond motifs is 1. The van der Waals surface area contributed by atoms with Gasteiger partial charge in [-0.05, 0) is 35.8 Å². The molecule has 0 bridgehead atoms. The summed E-state index contributed by atoms with van der Waals surface area (Å²) in [6.07, 6.45) is 1.26. The monoisotopic (exact) mass is 232 g/mol. The maximum absolute atomic E-state index is 2.35. The molecule has 0 unspecified atom stereocenters. The maximum Gasteiger partial charge on any atom is 0.0393 e. The van der Waals surface area contributed by atoms with Crippen LogP contribution >= 0.6 is 7.92 Å². The molecule has 0 aliphatic heterocycles. The van der Waals surface area contributed by atoms with E-state index in [0.717, 1.165) is 10.2 Å². The van der Waals surface area contributed by atoms with Gasteiger partial charge in [0, 0.05) is 10.2 Å². The second-order valence-electron chi connectivity index (χ2n) is 4.33. The Labute approximate surface area is 95.9 Å². The second-order valence-corrected chi connectivity index (χ2v) is 7.88. The highest BCUT2D eigenvalue weighted by atomic mass is 31.1. The highest BCUT2D eigenvalue weighted by Crippen LogP contribution is 2.32. The molecule has 0 nitrogen and oxygen atoms in total. The van der Waals surface area contributed by atoms with Crippen LogP contribution < -0.4 is 5.19 Å². The van der Waals surface area contributed by atoms with Gasteiger partial charge in [0.2, 0.25) is 0 Å². The standard InChI is InChI=1S/C13H17PSi/c1-14(2)9-11-7-3-5-10-6-4-8-12(15)13(10)11/h3-8H,9H2,1-2,15H3. The lowest BCUT2D eigenvalue weighted by Gasteiger charge is -2.11. The lowest BCUT2D eigenvalue weighted by Crippen LogP contribution is -2.05. The first-order valence-corrected chi connectivity index (χ1v) is 8.72. The van der Waals surface area contributed by atoms with E-state index in [-0.39, 0.29) is 7.92 Å². The SMILES string of the molecule is CP(C)Cc1cccc2cccc([SiH3])c12. The summed E-state index contributed by atoms with van der Waals surface area (Å²) in [4.78, 5) is 0. The van der Waals surface area contributed by atoms with Crippen LogP contribution in [0.1, 0.15) is 5.56 Å². The van der Waals surface area contributed by atoms with Gasteiger partial charge >= 0.3 is 0 Å². The number of benzene rings is 2. The molecule has 0 spiro atoms. The topological polar surface area (TPSA) is 0 Å². The Morgan fingerprint density at radius 2 is 1.73 bits per heavy atom. The second kappa shape index (κ2) is 4.47. The lowest BCUT2D eigenvalue weighted by molar-refractivity contribution is 1.45. The lowest BCUT2D eigenvalue weighted by atomic mass is 10.1. The van der Waals surface area contributed by atoms with Gasteiger partial charge in [0.1, 0.15) is 0 Å². The van der Waals surface area contributed by atoms with Crippen molar-refractivity contribution in [3.8, 4) is 0 Å².